The van der Waals surface area contributed by atoms with Gasteiger partial charge in [0.1, 0.15) is 23.9 Å². The molecule has 38 heavy (non-hydrogen) atoms. The molecule has 0 radical (unpaired) electrons. The molecule has 1 heterocycles. The van der Waals surface area contributed by atoms with Gasteiger partial charge in [0.25, 0.3) is 0 Å². The smallest absolute Gasteiger partial charge is 0.312 e. The average Bonchev–Trinajstić information content (AvgIpc) is 2.89. The lowest BCUT2D eigenvalue weighted by Crippen LogP contribution is -2.55. The second-order valence-corrected chi connectivity index (χ2v) is 10.4. The average molecular weight is 603 g/mol. The zero-order valence-corrected chi connectivity index (χ0v) is 23.3. The van der Waals surface area contributed by atoms with Gasteiger partial charge < -0.3 is 19.4 Å². The van der Waals surface area contributed by atoms with E-state index in [-0.39, 0.29) is 31.4 Å². The predicted octanol–water partition coefficient (Wildman–Crippen LogP) is 5.17. The number of benzene rings is 3. The van der Waals surface area contributed by atoms with Crippen molar-refractivity contribution in [3.63, 3.8) is 0 Å². The fourth-order valence-corrected chi connectivity index (χ4v) is 4.47. The third kappa shape index (κ3) is 6.71. The Kier molecular flexibility index (Phi) is 8.69. The quantitative estimate of drug-likeness (QED) is 0.365. The van der Waals surface area contributed by atoms with Crippen molar-refractivity contribution in [2.75, 3.05) is 26.7 Å². The Bertz CT molecular complexity index is 1370. The normalized spacial score (nSPS) is 13.4. The van der Waals surface area contributed by atoms with Crippen molar-refractivity contribution in [1.29, 1.82) is 0 Å². The molecule has 0 bridgehead atoms. The zero-order chi connectivity index (χ0) is 27.4. The number of hydrogen-bond donors (Lipinski definition) is 0. The van der Waals surface area contributed by atoms with Crippen molar-refractivity contribution in [3.8, 4) is 11.5 Å². The van der Waals surface area contributed by atoms with Crippen LogP contribution in [0.1, 0.15) is 16.7 Å². The molecule has 0 aliphatic carbocycles. The van der Waals surface area contributed by atoms with Gasteiger partial charge in [0.2, 0.25) is 5.91 Å². The fraction of sp³-hybridized carbons (Fsp3) is 0.250. The molecule has 0 aromatic heterocycles. The first kappa shape index (κ1) is 27.6. The molecule has 0 saturated carbocycles. The summed E-state index contributed by atoms with van der Waals surface area (Å²) in [5.74, 6) is -1.25. The Morgan fingerprint density at radius 2 is 1.82 bits per heavy atom. The topological polar surface area (TPSA) is 70.2 Å². The maximum absolute atomic E-state index is 13.6. The largest absolute Gasteiger partial charge is 0.457 e. The fourth-order valence-electron chi connectivity index (χ4n) is 4.05. The standard InChI is InChI=1S/C28H26BrClFN3O4/c1-18-13-23(9-10-24(18)31)38-25-14-22(30)8-5-20(25)16-32(2)27(36)28(37)34-12-11-33(26(35)17-34)15-19-3-6-21(29)7-4-19/h3-10,13-14H,11-12,15-17H2,1-2H3. The van der Waals surface area contributed by atoms with Crippen LogP contribution in [0.15, 0.2) is 65.1 Å². The van der Waals surface area contributed by atoms with Crippen LogP contribution in [-0.4, -0.2) is 59.1 Å². The van der Waals surface area contributed by atoms with E-state index < -0.39 is 11.8 Å². The third-order valence-electron chi connectivity index (χ3n) is 6.22. The van der Waals surface area contributed by atoms with E-state index in [2.05, 4.69) is 15.9 Å². The van der Waals surface area contributed by atoms with Crippen LogP contribution in [0.5, 0.6) is 11.5 Å². The number of carbonyl (C=O) groups is 3. The number of hydrogen-bond acceptors (Lipinski definition) is 4. The van der Waals surface area contributed by atoms with E-state index in [0.29, 0.717) is 40.7 Å². The van der Waals surface area contributed by atoms with E-state index in [0.717, 1.165) is 10.0 Å². The van der Waals surface area contributed by atoms with Gasteiger partial charge in [0, 0.05) is 48.3 Å². The Morgan fingerprint density at radius 1 is 1.08 bits per heavy atom. The van der Waals surface area contributed by atoms with Crippen LogP contribution in [0.2, 0.25) is 5.02 Å². The van der Waals surface area contributed by atoms with Gasteiger partial charge in [-0.25, -0.2) is 4.39 Å². The first-order valence-electron chi connectivity index (χ1n) is 11.9. The van der Waals surface area contributed by atoms with Gasteiger partial charge in [-0.2, -0.15) is 0 Å². The minimum absolute atomic E-state index is 0.0642. The lowest BCUT2D eigenvalue weighted by atomic mass is 10.1. The maximum atomic E-state index is 13.6. The van der Waals surface area contributed by atoms with E-state index in [1.807, 2.05) is 24.3 Å². The van der Waals surface area contributed by atoms with Crippen molar-refractivity contribution >= 4 is 45.3 Å². The Hall–Kier alpha value is -3.43. The number of nitrogens with zero attached hydrogens (tertiary/aromatic N) is 3. The van der Waals surface area contributed by atoms with Crippen LogP contribution in [0.4, 0.5) is 4.39 Å². The highest BCUT2D eigenvalue weighted by Crippen LogP contribution is 2.30. The summed E-state index contributed by atoms with van der Waals surface area (Å²) in [7, 11) is 1.51. The SMILES string of the molecule is Cc1cc(Oc2cc(Cl)ccc2CN(C)C(=O)C(=O)N2CCN(Cc3ccc(Br)cc3)C(=O)C2)ccc1F. The molecular weight excluding hydrogens is 577 g/mol. The molecule has 4 rings (SSSR count). The first-order chi connectivity index (χ1) is 18.1. The van der Waals surface area contributed by atoms with Crippen molar-refractivity contribution < 1.29 is 23.5 Å². The number of amides is 3. The number of aryl methyl sites for hydroxylation is 1. The summed E-state index contributed by atoms with van der Waals surface area (Å²) < 4.78 is 20.5. The highest BCUT2D eigenvalue weighted by Gasteiger charge is 2.32. The first-order valence-corrected chi connectivity index (χ1v) is 13.1. The van der Waals surface area contributed by atoms with Crippen LogP contribution >= 0.6 is 27.5 Å². The Balaban J connectivity index is 1.38. The van der Waals surface area contributed by atoms with Crippen LogP contribution in [0.3, 0.4) is 0 Å². The number of rotatable bonds is 6. The summed E-state index contributed by atoms with van der Waals surface area (Å²) in [6.07, 6.45) is 0. The molecule has 1 aliphatic rings. The number of likely N-dealkylation sites (N-methyl/N-ethyl adjacent to an activating group) is 1. The molecule has 3 aromatic carbocycles. The van der Waals surface area contributed by atoms with Crippen LogP contribution in [0.25, 0.3) is 0 Å². The van der Waals surface area contributed by atoms with E-state index in [4.69, 9.17) is 16.3 Å². The van der Waals surface area contributed by atoms with Crippen molar-refractivity contribution in [3.05, 3.63) is 92.7 Å². The molecule has 0 spiro atoms. The molecule has 3 amide bonds. The van der Waals surface area contributed by atoms with Crippen LogP contribution < -0.4 is 4.74 Å². The van der Waals surface area contributed by atoms with E-state index in [1.54, 1.807) is 36.1 Å². The molecule has 198 valence electrons. The highest BCUT2D eigenvalue weighted by atomic mass is 79.9. The number of halogens is 3. The minimum atomic E-state index is -0.741. The number of piperazine rings is 1. The molecule has 1 fully saturated rings. The van der Waals surface area contributed by atoms with Crippen molar-refractivity contribution in [1.82, 2.24) is 14.7 Å². The van der Waals surface area contributed by atoms with Crippen LogP contribution in [0, 0.1) is 12.7 Å². The molecule has 1 aliphatic heterocycles. The molecule has 7 nitrogen and oxygen atoms in total. The van der Waals surface area contributed by atoms with Crippen molar-refractivity contribution in [2.24, 2.45) is 0 Å². The summed E-state index contributed by atoms with van der Waals surface area (Å²) in [6, 6.07) is 17.0. The molecule has 3 aromatic rings. The van der Waals surface area contributed by atoms with E-state index >= 15 is 0 Å². The molecule has 0 unspecified atom stereocenters. The molecule has 0 N–H and O–H groups in total. The van der Waals surface area contributed by atoms with Gasteiger partial charge in [0.15, 0.2) is 0 Å². The molecule has 10 heteroatoms. The van der Waals surface area contributed by atoms with Gasteiger partial charge in [-0.05, 0) is 60.5 Å². The van der Waals surface area contributed by atoms with Gasteiger partial charge in [-0.3, -0.25) is 14.4 Å². The Labute approximate surface area is 233 Å². The van der Waals surface area contributed by atoms with Crippen LogP contribution in [-0.2, 0) is 27.5 Å². The summed E-state index contributed by atoms with van der Waals surface area (Å²) in [5.41, 5.74) is 2.01. The molecule has 1 saturated heterocycles. The highest BCUT2D eigenvalue weighted by molar-refractivity contribution is 9.10. The number of ether oxygens (including phenoxy) is 1. The minimum Gasteiger partial charge on any atom is -0.457 e. The summed E-state index contributed by atoms with van der Waals surface area (Å²) in [4.78, 5) is 42.9. The monoisotopic (exact) mass is 601 g/mol. The summed E-state index contributed by atoms with van der Waals surface area (Å²) in [5, 5.41) is 0.423. The van der Waals surface area contributed by atoms with Gasteiger partial charge in [-0.1, -0.05) is 45.7 Å². The van der Waals surface area contributed by atoms with E-state index in [1.165, 1.54) is 29.0 Å². The zero-order valence-electron chi connectivity index (χ0n) is 20.9. The maximum Gasteiger partial charge on any atom is 0.312 e. The van der Waals surface area contributed by atoms with Gasteiger partial charge in [-0.15, -0.1) is 0 Å². The van der Waals surface area contributed by atoms with Gasteiger partial charge >= 0.3 is 11.8 Å². The Morgan fingerprint density at radius 3 is 2.50 bits per heavy atom. The van der Waals surface area contributed by atoms with Crippen molar-refractivity contribution in [2.45, 2.75) is 20.0 Å². The van der Waals surface area contributed by atoms with Gasteiger partial charge in [0.05, 0.1) is 0 Å². The second-order valence-electron chi connectivity index (χ2n) is 9.09. The second kappa shape index (κ2) is 12.0. The number of carbonyl (C=O) groups excluding carboxylic acids is 3. The molecule has 0 atom stereocenters. The lowest BCUT2D eigenvalue weighted by Gasteiger charge is -2.34. The lowest BCUT2D eigenvalue weighted by molar-refractivity contribution is -0.155. The third-order valence-corrected chi connectivity index (χ3v) is 6.98. The predicted molar refractivity (Wildman–Crippen MR) is 145 cm³/mol. The van der Waals surface area contributed by atoms with E-state index in [9.17, 15) is 18.8 Å². The summed E-state index contributed by atoms with van der Waals surface area (Å²) >= 11 is 9.55. The summed E-state index contributed by atoms with van der Waals surface area (Å²) in [6.45, 7) is 2.58. The molecular formula is C28H26BrClFN3O4.